The molecule has 2 N–H and O–H groups in total. The molecule has 2 aromatic rings. The van der Waals surface area contributed by atoms with E-state index >= 15 is 0 Å². The average molecular weight is 243 g/mol. The van der Waals surface area contributed by atoms with Crippen LogP contribution in [0.1, 0.15) is 37.9 Å². The average Bonchev–Trinajstić information content (AvgIpc) is 3.01. The maximum atomic E-state index is 5.91. The molecule has 0 saturated heterocycles. The summed E-state index contributed by atoms with van der Waals surface area (Å²) in [6.07, 6.45) is 3.79. The molecular formula is C15H21N3. The van der Waals surface area contributed by atoms with E-state index in [4.69, 9.17) is 10.7 Å². The third-order valence-corrected chi connectivity index (χ3v) is 4.29. The Balaban J connectivity index is 2.10. The van der Waals surface area contributed by atoms with Crippen LogP contribution in [0, 0.1) is 5.92 Å². The Morgan fingerprint density at radius 2 is 2.17 bits per heavy atom. The second-order valence-electron chi connectivity index (χ2n) is 5.24. The number of benzene rings is 1. The lowest BCUT2D eigenvalue weighted by atomic mass is 9.95. The molecule has 3 nitrogen and oxygen atoms in total. The first-order valence-corrected chi connectivity index (χ1v) is 7.00. The van der Waals surface area contributed by atoms with Gasteiger partial charge in [-0.3, -0.25) is 0 Å². The first kappa shape index (κ1) is 11.7. The molecule has 0 bridgehead atoms. The van der Waals surface area contributed by atoms with Crippen molar-refractivity contribution >= 4 is 11.0 Å². The molecule has 0 amide bonds. The van der Waals surface area contributed by atoms with Crippen molar-refractivity contribution in [3.8, 4) is 0 Å². The molecule has 1 aliphatic rings. The van der Waals surface area contributed by atoms with E-state index in [0.717, 1.165) is 18.6 Å². The summed E-state index contributed by atoms with van der Waals surface area (Å²) in [6.45, 7) is 3.98. The molecule has 0 spiro atoms. The minimum Gasteiger partial charge on any atom is -0.330 e. The quantitative estimate of drug-likeness (QED) is 0.900. The standard InChI is InChI=1S/C15H21N3/c1-2-18-14-9-4-3-8-13(14)17-15(18)12-7-5-6-11(12)10-16/h3-4,8-9,11-12H,2,5-7,10,16H2,1H3. The van der Waals surface area contributed by atoms with E-state index in [-0.39, 0.29) is 0 Å². The van der Waals surface area contributed by atoms with Gasteiger partial charge in [0.25, 0.3) is 0 Å². The summed E-state index contributed by atoms with van der Waals surface area (Å²) >= 11 is 0. The molecule has 2 atom stereocenters. The fraction of sp³-hybridized carbons (Fsp3) is 0.533. The van der Waals surface area contributed by atoms with Gasteiger partial charge < -0.3 is 10.3 Å². The van der Waals surface area contributed by atoms with Crippen molar-refractivity contribution in [1.29, 1.82) is 0 Å². The molecule has 3 heteroatoms. The lowest BCUT2D eigenvalue weighted by Crippen LogP contribution is -2.20. The van der Waals surface area contributed by atoms with Crippen LogP contribution in [0.3, 0.4) is 0 Å². The van der Waals surface area contributed by atoms with Gasteiger partial charge in [0, 0.05) is 12.5 Å². The van der Waals surface area contributed by atoms with Gasteiger partial charge in [0.15, 0.2) is 0 Å². The molecule has 0 aliphatic heterocycles. The smallest absolute Gasteiger partial charge is 0.113 e. The van der Waals surface area contributed by atoms with Gasteiger partial charge in [0.05, 0.1) is 11.0 Å². The van der Waals surface area contributed by atoms with E-state index in [1.807, 2.05) is 0 Å². The van der Waals surface area contributed by atoms with Crippen molar-refractivity contribution in [2.45, 2.75) is 38.6 Å². The van der Waals surface area contributed by atoms with Crippen LogP contribution in [0.5, 0.6) is 0 Å². The van der Waals surface area contributed by atoms with E-state index in [0.29, 0.717) is 11.8 Å². The Morgan fingerprint density at radius 3 is 2.94 bits per heavy atom. The first-order chi connectivity index (χ1) is 8.85. The highest BCUT2D eigenvalue weighted by Crippen LogP contribution is 2.39. The number of hydrogen-bond donors (Lipinski definition) is 1. The summed E-state index contributed by atoms with van der Waals surface area (Å²) < 4.78 is 2.37. The van der Waals surface area contributed by atoms with Gasteiger partial charge in [-0.15, -0.1) is 0 Å². The molecule has 1 heterocycles. The normalized spacial score (nSPS) is 23.9. The molecule has 2 unspecified atom stereocenters. The third kappa shape index (κ3) is 1.74. The summed E-state index contributed by atoms with van der Waals surface area (Å²) in [4.78, 5) is 4.87. The van der Waals surface area contributed by atoms with Crippen molar-refractivity contribution in [2.75, 3.05) is 6.54 Å². The second-order valence-corrected chi connectivity index (χ2v) is 5.24. The minimum atomic E-state index is 0.558. The number of aromatic nitrogens is 2. The molecule has 96 valence electrons. The zero-order valence-electron chi connectivity index (χ0n) is 11.0. The largest absolute Gasteiger partial charge is 0.330 e. The number of hydrogen-bond acceptors (Lipinski definition) is 2. The Kier molecular flexibility index (Phi) is 3.08. The second kappa shape index (κ2) is 4.73. The fourth-order valence-corrected chi connectivity index (χ4v) is 3.37. The van der Waals surface area contributed by atoms with Crippen LogP contribution in [0.25, 0.3) is 11.0 Å². The highest BCUT2D eigenvalue weighted by Gasteiger charge is 2.31. The van der Waals surface area contributed by atoms with Crippen LogP contribution in [0.4, 0.5) is 0 Å². The Hall–Kier alpha value is -1.35. The minimum absolute atomic E-state index is 0.558. The van der Waals surface area contributed by atoms with Crippen molar-refractivity contribution in [3.05, 3.63) is 30.1 Å². The molecule has 3 rings (SSSR count). The maximum Gasteiger partial charge on any atom is 0.113 e. The number of nitrogens with two attached hydrogens (primary N) is 1. The molecule has 1 fully saturated rings. The summed E-state index contributed by atoms with van der Waals surface area (Å²) in [5.41, 5.74) is 8.29. The van der Waals surface area contributed by atoms with Crippen molar-refractivity contribution in [2.24, 2.45) is 11.7 Å². The van der Waals surface area contributed by atoms with Crippen LogP contribution in [0.15, 0.2) is 24.3 Å². The van der Waals surface area contributed by atoms with Crippen molar-refractivity contribution < 1.29 is 0 Å². The molecule has 1 aliphatic carbocycles. The summed E-state index contributed by atoms with van der Waals surface area (Å²) in [5.74, 6) is 2.43. The van der Waals surface area contributed by atoms with Crippen LogP contribution >= 0.6 is 0 Å². The zero-order chi connectivity index (χ0) is 12.5. The van der Waals surface area contributed by atoms with E-state index in [1.165, 1.54) is 30.6 Å². The van der Waals surface area contributed by atoms with Gasteiger partial charge in [-0.25, -0.2) is 4.98 Å². The molecule has 1 aromatic carbocycles. The molecule has 1 saturated carbocycles. The Bertz CT molecular complexity index is 544. The van der Waals surface area contributed by atoms with E-state index in [2.05, 4.69) is 35.8 Å². The maximum absolute atomic E-state index is 5.91. The fourth-order valence-electron chi connectivity index (χ4n) is 3.37. The van der Waals surface area contributed by atoms with Crippen LogP contribution < -0.4 is 5.73 Å². The topological polar surface area (TPSA) is 43.8 Å². The van der Waals surface area contributed by atoms with E-state index in [9.17, 15) is 0 Å². The van der Waals surface area contributed by atoms with Gasteiger partial charge in [0.1, 0.15) is 5.82 Å². The number of fused-ring (bicyclic) bond motifs is 1. The monoisotopic (exact) mass is 243 g/mol. The number of rotatable bonds is 3. The third-order valence-electron chi connectivity index (χ3n) is 4.29. The lowest BCUT2D eigenvalue weighted by molar-refractivity contribution is 0.463. The molecular weight excluding hydrogens is 222 g/mol. The van der Waals surface area contributed by atoms with Crippen LogP contribution in [-0.2, 0) is 6.54 Å². The summed E-state index contributed by atoms with van der Waals surface area (Å²) in [7, 11) is 0. The highest BCUT2D eigenvalue weighted by molar-refractivity contribution is 5.76. The number of para-hydroxylation sites is 2. The van der Waals surface area contributed by atoms with Crippen molar-refractivity contribution in [1.82, 2.24) is 9.55 Å². The van der Waals surface area contributed by atoms with E-state index < -0.39 is 0 Å². The van der Waals surface area contributed by atoms with E-state index in [1.54, 1.807) is 0 Å². The predicted octanol–water partition coefficient (Wildman–Crippen LogP) is 2.90. The highest BCUT2D eigenvalue weighted by atomic mass is 15.1. The van der Waals surface area contributed by atoms with Crippen LogP contribution in [-0.4, -0.2) is 16.1 Å². The first-order valence-electron chi connectivity index (χ1n) is 7.00. The molecule has 1 aromatic heterocycles. The number of aryl methyl sites for hydroxylation is 1. The van der Waals surface area contributed by atoms with Crippen molar-refractivity contribution in [3.63, 3.8) is 0 Å². The molecule has 0 radical (unpaired) electrons. The van der Waals surface area contributed by atoms with Gasteiger partial charge in [0.2, 0.25) is 0 Å². The Morgan fingerprint density at radius 1 is 1.33 bits per heavy atom. The van der Waals surface area contributed by atoms with Gasteiger partial charge in [-0.1, -0.05) is 18.6 Å². The van der Waals surface area contributed by atoms with Crippen LogP contribution in [0.2, 0.25) is 0 Å². The lowest BCUT2D eigenvalue weighted by Gasteiger charge is -2.18. The summed E-state index contributed by atoms with van der Waals surface area (Å²) in [6, 6.07) is 8.43. The van der Waals surface area contributed by atoms with Gasteiger partial charge in [-0.2, -0.15) is 0 Å². The number of nitrogens with zero attached hydrogens (tertiary/aromatic N) is 2. The Labute approximate surface area is 108 Å². The van der Waals surface area contributed by atoms with Gasteiger partial charge in [-0.05, 0) is 44.4 Å². The number of imidazole rings is 1. The SMILES string of the molecule is CCn1c(C2CCCC2CN)nc2ccccc21. The predicted molar refractivity (Wildman–Crippen MR) is 74.5 cm³/mol. The molecule has 18 heavy (non-hydrogen) atoms. The van der Waals surface area contributed by atoms with Gasteiger partial charge >= 0.3 is 0 Å². The summed E-state index contributed by atoms with van der Waals surface area (Å²) in [5, 5.41) is 0. The zero-order valence-corrected chi connectivity index (χ0v) is 11.0.